The van der Waals surface area contributed by atoms with Gasteiger partial charge in [-0.1, -0.05) is 37.0 Å². The Morgan fingerprint density at radius 3 is 2.43 bits per heavy atom. The molecule has 0 aromatic heterocycles. The second-order valence-electron chi connectivity index (χ2n) is 7.69. The molecule has 1 aliphatic rings. The molecule has 1 aromatic rings. The van der Waals surface area contributed by atoms with Gasteiger partial charge in [0.05, 0.1) is 10.6 Å². The highest BCUT2D eigenvalue weighted by Gasteiger charge is 2.28. The van der Waals surface area contributed by atoms with Gasteiger partial charge in [-0.2, -0.15) is 11.8 Å². The van der Waals surface area contributed by atoms with Gasteiger partial charge in [-0.15, -0.1) is 0 Å². The lowest BCUT2D eigenvalue weighted by Gasteiger charge is -2.34. The van der Waals surface area contributed by atoms with Crippen LogP contribution >= 0.6 is 35.0 Å². The lowest BCUT2D eigenvalue weighted by atomic mass is 10.0. The summed E-state index contributed by atoms with van der Waals surface area (Å²) in [6, 6.07) is 3.96. The molecule has 0 bridgehead atoms. The first kappa shape index (κ1) is 24.8. The molecular formula is C21H29Cl2N3O3S. The fraction of sp³-hybridized carbons (Fsp3) is 0.571. The van der Waals surface area contributed by atoms with Gasteiger partial charge in [-0.3, -0.25) is 14.4 Å². The van der Waals surface area contributed by atoms with Crippen LogP contribution in [0.1, 0.15) is 43.5 Å². The third kappa shape index (κ3) is 7.06. The molecule has 0 radical (unpaired) electrons. The van der Waals surface area contributed by atoms with Crippen LogP contribution in [-0.2, 0) is 9.59 Å². The minimum Gasteiger partial charge on any atom is -0.351 e. The van der Waals surface area contributed by atoms with Gasteiger partial charge in [0, 0.05) is 30.1 Å². The predicted molar refractivity (Wildman–Crippen MR) is 123 cm³/mol. The van der Waals surface area contributed by atoms with Crippen molar-refractivity contribution in [3.63, 3.8) is 0 Å². The van der Waals surface area contributed by atoms with E-state index in [4.69, 9.17) is 23.2 Å². The van der Waals surface area contributed by atoms with E-state index in [0.717, 1.165) is 5.75 Å². The summed E-state index contributed by atoms with van der Waals surface area (Å²) >= 11 is 13.6. The van der Waals surface area contributed by atoms with Crippen LogP contribution in [0, 0.1) is 5.92 Å². The molecule has 166 valence electrons. The maximum absolute atomic E-state index is 12.9. The number of piperidine rings is 1. The summed E-state index contributed by atoms with van der Waals surface area (Å²) in [4.78, 5) is 39.5. The lowest BCUT2D eigenvalue weighted by molar-refractivity contribution is -0.135. The number of amides is 3. The first-order valence-corrected chi connectivity index (χ1v) is 12.2. The highest BCUT2D eigenvalue weighted by molar-refractivity contribution is 7.98. The van der Waals surface area contributed by atoms with E-state index in [1.165, 1.54) is 6.07 Å². The van der Waals surface area contributed by atoms with Crippen LogP contribution in [0.25, 0.3) is 0 Å². The summed E-state index contributed by atoms with van der Waals surface area (Å²) in [7, 11) is 0. The second kappa shape index (κ2) is 11.8. The van der Waals surface area contributed by atoms with Crippen molar-refractivity contribution in [2.24, 2.45) is 5.92 Å². The molecule has 1 heterocycles. The zero-order valence-corrected chi connectivity index (χ0v) is 19.9. The average Bonchev–Trinajstić information content (AvgIpc) is 2.70. The number of carbonyl (C=O) groups excluding carboxylic acids is 3. The van der Waals surface area contributed by atoms with Crippen LogP contribution in [0.5, 0.6) is 0 Å². The van der Waals surface area contributed by atoms with Crippen molar-refractivity contribution in [1.29, 1.82) is 0 Å². The van der Waals surface area contributed by atoms with Crippen LogP contribution in [0.15, 0.2) is 18.2 Å². The van der Waals surface area contributed by atoms with Gasteiger partial charge in [0.25, 0.3) is 5.91 Å². The van der Waals surface area contributed by atoms with Gasteiger partial charge in [0.1, 0.15) is 6.04 Å². The molecule has 1 aliphatic heterocycles. The Kier molecular flexibility index (Phi) is 9.78. The van der Waals surface area contributed by atoms with E-state index >= 15 is 0 Å². The number of nitrogens with zero attached hydrogens (tertiary/aromatic N) is 1. The van der Waals surface area contributed by atoms with Gasteiger partial charge in [0.15, 0.2) is 0 Å². The Morgan fingerprint density at radius 2 is 1.87 bits per heavy atom. The van der Waals surface area contributed by atoms with Crippen LogP contribution < -0.4 is 10.6 Å². The maximum Gasteiger partial charge on any atom is 0.253 e. The molecule has 0 spiro atoms. The lowest BCUT2D eigenvalue weighted by Crippen LogP contribution is -2.53. The third-order valence-corrected chi connectivity index (χ3v) is 6.25. The molecule has 0 aliphatic carbocycles. The van der Waals surface area contributed by atoms with E-state index in [0.29, 0.717) is 37.4 Å². The van der Waals surface area contributed by atoms with E-state index in [-0.39, 0.29) is 34.4 Å². The smallest absolute Gasteiger partial charge is 0.253 e. The summed E-state index contributed by atoms with van der Waals surface area (Å²) < 4.78 is 0. The van der Waals surface area contributed by atoms with Crippen LogP contribution in [-0.4, -0.2) is 59.8 Å². The number of rotatable bonds is 8. The van der Waals surface area contributed by atoms with Crippen molar-refractivity contribution in [2.75, 3.05) is 25.1 Å². The van der Waals surface area contributed by atoms with Crippen LogP contribution in [0.4, 0.5) is 0 Å². The first-order chi connectivity index (χ1) is 14.2. The zero-order valence-electron chi connectivity index (χ0n) is 17.5. The normalized spacial score (nSPS) is 15.7. The second-order valence-corrected chi connectivity index (χ2v) is 9.52. The monoisotopic (exact) mass is 473 g/mol. The molecule has 1 unspecified atom stereocenters. The summed E-state index contributed by atoms with van der Waals surface area (Å²) in [6.07, 6.45) is 3.87. The molecule has 0 saturated carbocycles. The molecular weight excluding hydrogens is 445 g/mol. The Balaban J connectivity index is 1.96. The fourth-order valence-electron chi connectivity index (χ4n) is 3.33. The third-order valence-electron chi connectivity index (χ3n) is 5.06. The standard InChI is InChI=1S/C21H29Cl2N3O3S/c1-13(2)21(29)26-9-6-15(7-10-26)24-20(28)18(8-11-30-3)25-19(27)16-5-4-14(22)12-17(16)23/h4-5,12-13,15,18H,6-11H2,1-3H3,(H,24,28)(H,25,27). The zero-order chi connectivity index (χ0) is 22.3. The van der Waals surface area contributed by atoms with E-state index in [1.54, 1.807) is 23.9 Å². The topological polar surface area (TPSA) is 78.5 Å². The molecule has 6 nitrogen and oxygen atoms in total. The maximum atomic E-state index is 12.9. The number of nitrogens with one attached hydrogen (secondary N) is 2. The summed E-state index contributed by atoms with van der Waals surface area (Å²) in [6.45, 7) is 5.04. The minimum atomic E-state index is -0.660. The molecule has 2 N–H and O–H groups in total. The van der Waals surface area contributed by atoms with E-state index in [9.17, 15) is 14.4 Å². The Hall–Kier alpha value is -1.44. The molecule has 1 aromatic carbocycles. The van der Waals surface area contributed by atoms with E-state index in [2.05, 4.69) is 10.6 Å². The molecule has 1 atom stereocenters. The van der Waals surface area contributed by atoms with Gasteiger partial charge >= 0.3 is 0 Å². The fourth-order valence-corrected chi connectivity index (χ4v) is 4.29. The van der Waals surface area contributed by atoms with Gasteiger partial charge in [-0.05, 0) is 49.5 Å². The van der Waals surface area contributed by atoms with Crippen molar-refractivity contribution in [1.82, 2.24) is 15.5 Å². The van der Waals surface area contributed by atoms with Crippen LogP contribution in [0.2, 0.25) is 10.0 Å². The van der Waals surface area contributed by atoms with Crippen molar-refractivity contribution in [2.45, 2.75) is 45.2 Å². The molecule has 3 amide bonds. The van der Waals surface area contributed by atoms with Crippen molar-refractivity contribution in [3.8, 4) is 0 Å². The molecule has 9 heteroatoms. The largest absolute Gasteiger partial charge is 0.351 e. The van der Waals surface area contributed by atoms with Crippen molar-refractivity contribution >= 4 is 52.7 Å². The minimum absolute atomic E-state index is 0.0125. The average molecular weight is 474 g/mol. The van der Waals surface area contributed by atoms with Crippen LogP contribution in [0.3, 0.4) is 0 Å². The van der Waals surface area contributed by atoms with Gasteiger partial charge in [0.2, 0.25) is 11.8 Å². The van der Waals surface area contributed by atoms with Crippen molar-refractivity contribution < 1.29 is 14.4 Å². The first-order valence-electron chi connectivity index (χ1n) is 10.1. The highest BCUT2D eigenvalue weighted by atomic mass is 35.5. The molecule has 1 fully saturated rings. The number of carbonyl (C=O) groups is 3. The number of likely N-dealkylation sites (tertiary alicyclic amines) is 1. The number of thioether (sulfide) groups is 1. The van der Waals surface area contributed by atoms with E-state index < -0.39 is 11.9 Å². The molecule has 30 heavy (non-hydrogen) atoms. The quantitative estimate of drug-likeness (QED) is 0.604. The van der Waals surface area contributed by atoms with Gasteiger partial charge in [-0.25, -0.2) is 0 Å². The summed E-state index contributed by atoms with van der Waals surface area (Å²) in [5, 5.41) is 6.53. The Morgan fingerprint density at radius 1 is 1.20 bits per heavy atom. The number of hydrogen-bond donors (Lipinski definition) is 2. The Bertz CT molecular complexity index is 768. The number of halogens is 2. The summed E-state index contributed by atoms with van der Waals surface area (Å²) in [5.41, 5.74) is 0.281. The Labute approximate surface area is 192 Å². The number of hydrogen-bond acceptors (Lipinski definition) is 4. The molecule has 2 rings (SSSR count). The SMILES string of the molecule is CSCCC(NC(=O)c1ccc(Cl)cc1Cl)C(=O)NC1CCN(C(=O)C(C)C)CC1. The number of benzene rings is 1. The van der Waals surface area contributed by atoms with Crippen molar-refractivity contribution in [3.05, 3.63) is 33.8 Å². The molecule has 1 saturated heterocycles. The predicted octanol–water partition coefficient (Wildman–Crippen LogP) is 3.61. The summed E-state index contributed by atoms with van der Waals surface area (Å²) in [5.74, 6) is 0.228. The highest BCUT2D eigenvalue weighted by Crippen LogP contribution is 2.21. The van der Waals surface area contributed by atoms with E-state index in [1.807, 2.05) is 25.0 Å². The van der Waals surface area contributed by atoms with Gasteiger partial charge < -0.3 is 15.5 Å².